The molecule has 0 radical (unpaired) electrons. The van der Waals surface area contributed by atoms with Crippen molar-refractivity contribution in [1.82, 2.24) is 4.90 Å². The number of benzene rings is 2. The van der Waals surface area contributed by atoms with E-state index in [1.54, 1.807) is 12.1 Å². The standard InChI is InChI=1S/C21H23N3O4/c25-21(23-12-13-28-20-9-5-4-8-18(20)23)15-10-11-17(19(14-15)24(26)27)22-16-6-2-1-3-7-16/h1-3,6-7,10-11,14,18,20,22H,4-5,8-9,12-13H2. The highest BCUT2D eigenvalue weighted by Crippen LogP contribution is 2.32. The number of nitro groups is 1. The summed E-state index contributed by atoms with van der Waals surface area (Å²) in [6.07, 6.45) is 4.17. The highest BCUT2D eigenvalue weighted by atomic mass is 16.6. The van der Waals surface area contributed by atoms with E-state index in [0.717, 1.165) is 31.4 Å². The molecule has 2 aromatic rings. The van der Waals surface area contributed by atoms with E-state index in [4.69, 9.17) is 4.74 Å². The Kier molecular flexibility index (Phi) is 5.25. The summed E-state index contributed by atoms with van der Waals surface area (Å²) in [5.41, 5.74) is 1.35. The van der Waals surface area contributed by atoms with Crippen LogP contribution >= 0.6 is 0 Å². The van der Waals surface area contributed by atoms with Gasteiger partial charge in [0.05, 0.1) is 23.7 Å². The molecule has 1 amide bonds. The number of ether oxygens (including phenoxy) is 1. The second kappa shape index (κ2) is 7.98. The molecule has 28 heavy (non-hydrogen) atoms. The first-order valence-corrected chi connectivity index (χ1v) is 9.66. The first-order valence-electron chi connectivity index (χ1n) is 9.66. The van der Waals surface area contributed by atoms with Gasteiger partial charge in [-0.1, -0.05) is 31.0 Å². The third-order valence-corrected chi connectivity index (χ3v) is 5.49. The molecule has 0 bridgehead atoms. The summed E-state index contributed by atoms with van der Waals surface area (Å²) in [4.78, 5) is 26.1. The maximum atomic E-state index is 13.1. The molecule has 4 rings (SSSR count). The van der Waals surface area contributed by atoms with Crippen molar-refractivity contribution >= 4 is 23.0 Å². The molecular weight excluding hydrogens is 358 g/mol. The van der Waals surface area contributed by atoms with Crippen molar-refractivity contribution in [2.75, 3.05) is 18.5 Å². The van der Waals surface area contributed by atoms with Crippen LogP contribution in [0.2, 0.25) is 0 Å². The third-order valence-electron chi connectivity index (χ3n) is 5.49. The monoisotopic (exact) mass is 381 g/mol. The van der Waals surface area contributed by atoms with Crippen molar-refractivity contribution in [1.29, 1.82) is 0 Å². The Morgan fingerprint density at radius 1 is 1.14 bits per heavy atom. The third kappa shape index (κ3) is 3.71. The Bertz CT molecular complexity index is 869. The average Bonchev–Trinajstić information content (AvgIpc) is 2.73. The summed E-state index contributed by atoms with van der Waals surface area (Å²) < 4.78 is 5.83. The van der Waals surface area contributed by atoms with Gasteiger partial charge in [0.15, 0.2) is 0 Å². The van der Waals surface area contributed by atoms with Gasteiger partial charge in [-0.3, -0.25) is 14.9 Å². The van der Waals surface area contributed by atoms with Crippen LogP contribution in [0.1, 0.15) is 36.0 Å². The predicted octanol–water partition coefficient (Wildman–Crippen LogP) is 4.12. The van der Waals surface area contributed by atoms with E-state index in [9.17, 15) is 14.9 Å². The van der Waals surface area contributed by atoms with Crippen LogP contribution in [0.4, 0.5) is 17.1 Å². The summed E-state index contributed by atoms with van der Waals surface area (Å²) in [7, 11) is 0. The van der Waals surface area contributed by atoms with Gasteiger partial charge >= 0.3 is 0 Å². The molecule has 146 valence electrons. The van der Waals surface area contributed by atoms with Crippen LogP contribution < -0.4 is 5.32 Å². The molecule has 0 spiro atoms. The molecule has 2 atom stereocenters. The first-order chi connectivity index (χ1) is 13.6. The molecule has 1 N–H and O–H groups in total. The van der Waals surface area contributed by atoms with Crippen molar-refractivity contribution in [3.63, 3.8) is 0 Å². The van der Waals surface area contributed by atoms with Gasteiger partial charge in [0, 0.05) is 23.9 Å². The first kappa shape index (κ1) is 18.4. The number of amides is 1. The van der Waals surface area contributed by atoms with E-state index in [1.807, 2.05) is 35.2 Å². The lowest BCUT2D eigenvalue weighted by Crippen LogP contribution is -2.54. The van der Waals surface area contributed by atoms with Crippen molar-refractivity contribution in [2.24, 2.45) is 0 Å². The van der Waals surface area contributed by atoms with Gasteiger partial charge in [0.1, 0.15) is 5.69 Å². The van der Waals surface area contributed by atoms with E-state index in [-0.39, 0.29) is 23.7 Å². The molecular formula is C21H23N3O4. The molecule has 1 aliphatic heterocycles. The van der Waals surface area contributed by atoms with Crippen molar-refractivity contribution in [2.45, 2.75) is 37.8 Å². The SMILES string of the molecule is O=C(c1ccc(Nc2ccccc2)c([N+](=O)[O-])c1)N1CCOC2CCCCC21. The van der Waals surface area contributed by atoms with Crippen LogP contribution in [0.3, 0.4) is 0 Å². The highest BCUT2D eigenvalue weighted by Gasteiger charge is 2.37. The number of carbonyl (C=O) groups excluding carboxylic acids is 1. The predicted molar refractivity (Wildman–Crippen MR) is 106 cm³/mol. The van der Waals surface area contributed by atoms with Gasteiger partial charge in [-0.2, -0.15) is 0 Å². The van der Waals surface area contributed by atoms with Gasteiger partial charge < -0.3 is 15.0 Å². The van der Waals surface area contributed by atoms with Gasteiger partial charge in [0.25, 0.3) is 11.6 Å². The van der Waals surface area contributed by atoms with E-state index in [1.165, 1.54) is 6.07 Å². The number of hydrogen-bond donors (Lipinski definition) is 1. The largest absolute Gasteiger partial charge is 0.374 e. The van der Waals surface area contributed by atoms with E-state index >= 15 is 0 Å². The number of para-hydroxylation sites is 1. The molecule has 7 heteroatoms. The minimum Gasteiger partial charge on any atom is -0.374 e. The fourth-order valence-corrected chi connectivity index (χ4v) is 4.11. The molecule has 1 saturated heterocycles. The Morgan fingerprint density at radius 2 is 1.93 bits per heavy atom. The number of nitrogens with one attached hydrogen (secondary N) is 1. The number of nitro benzene ring substituents is 1. The summed E-state index contributed by atoms with van der Waals surface area (Å²) in [6, 6.07) is 14.0. The number of fused-ring (bicyclic) bond motifs is 1. The van der Waals surface area contributed by atoms with E-state index < -0.39 is 4.92 Å². The molecule has 1 heterocycles. The Morgan fingerprint density at radius 3 is 2.71 bits per heavy atom. The molecule has 0 aromatic heterocycles. The number of rotatable bonds is 4. The van der Waals surface area contributed by atoms with Crippen molar-refractivity contribution < 1.29 is 14.5 Å². The second-order valence-corrected chi connectivity index (χ2v) is 7.24. The number of hydrogen-bond acceptors (Lipinski definition) is 5. The zero-order valence-corrected chi connectivity index (χ0v) is 15.5. The van der Waals surface area contributed by atoms with Crippen LogP contribution in [0, 0.1) is 10.1 Å². The molecule has 2 aromatic carbocycles. The topological polar surface area (TPSA) is 84.7 Å². The summed E-state index contributed by atoms with van der Waals surface area (Å²) >= 11 is 0. The number of anilines is 2. The number of nitrogens with zero attached hydrogens (tertiary/aromatic N) is 2. The van der Waals surface area contributed by atoms with E-state index in [0.29, 0.717) is 24.4 Å². The number of morpholine rings is 1. The lowest BCUT2D eigenvalue weighted by atomic mass is 9.89. The van der Waals surface area contributed by atoms with Crippen LogP contribution in [0.5, 0.6) is 0 Å². The van der Waals surface area contributed by atoms with Gasteiger partial charge in [-0.15, -0.1) is 0 Å². The lowest BCUT2D eigenvalue weighted by molar-refractivity contribution is -0.383. The van der Waals surface area contributed by atoms with Gasteiger partial charge in [0.2, 0.25) is 0 Å². The zero-order valence-electron chi connectivity index (χ0n) is 15.5. The smallest absolute Gasteiger partial charge is 0.293 e. The minimum absolute atomic E-state index is 0.0659. The fraction of sp³-hybridized carbons (Fsp3) is 0.381. The second-order valence-electron chi connectivity index (χ2n) is 7.24. The van der Waals surface area contributed by atoms with Crippen LogP contribution in [-0.2, 0) is 4.74 Å². The Hall–Kier alpha value is -2.93. The summed E-state index contributed by atoms with van der Waals surface area (Å²) in [6.45, 7) is 1.04. The summed E-state index contributed by atoms with van der Waals surface area (Å²) in [5.74, 6) is -0.158. The molecule has 2 unspecified atom stereocenters. The van der Waals surface area contributed by atoms with Crippen LogP contribution in [0.15, 0.2) is 48.5 Å². The molecule has 2 aliphatic rings. The maximum absolute atomic E-state index is 13.1. The van der Waals surface area contributed by atoms with Gasteiger partial charge in [-0.05, 0) is 37.1 Å². The van der Waals surface area contributed by atoms with Gasteiger partial charge in [-0.25, -0.2) is 0 Å². The van der Waals surface area contributed by atoms with Crippen molar-refractivity contribution in [3.8, 4) is 0 Å². The fourth-order valence-electron chi connectivity index (χ4n) is 4.11. The Balaban J connectivity index is 1.60. The normalized spacial score (nSPS) is 21.6. The lowest BCUT2D eigenvalue weighted by Gasteiger charge is -2.43. The number of carbonyl (C=O) groups is 1. The van der Waals surface area contributed by atoms with Crippen LogP contribution in [-0.4, -0.2) is 41.0 Å². The highest BCUT2D eigenvalue weighted by molar-refractivity contribution is 5.96. The zero-order chi connectivity index (χ0) is 19.5. The van der Waals surface area contributed by atoms with Crippen LogP contribution in [0.25, 0.3) is 0 Å². The quantitative estimate of drug-likeness (QED) is 0.636. The molecule has 7 nitrogen and oxygen atoms in total. The minimum atomic E-state index is -0.454. The Labute approximate surface area is 163 Å². The van der Waals surface area contributed by atoms with E-state index in [2.05, 4.69) is 5.32 Å². The maximum Gasteiger partial charge on any atom is 0.293 e. The molecule has 1 aliphatic carbocycles. The molecule has 2 fully saturated rings. The average molecular weight is 381 g/mol. The van der Waals surface area contributed by atoms with Crippen molar-refractivity contribution in [3.05, 3.63) is 64.2 Å². The molecule has 1 saturated carbocycles. The summed E-state index contributed by atoms with van der Waals surface area (Å²) in [5, 5.41) is 14.7.